The molecule has 0 spiro atoms. The van der Waals surface area contributed by atoms with Crippen LogP contribution < -0.4 is 11.2 Å². The fourth-order valence-electron chi connectivity index (χ4n) is 0.798. The molecular formula is C8H17N3O. The highest BCUT2D eigenvalue weighted by molar-refractivity contribution is 5.56. The van der Waals surface area contributed by atoms with Crippen LogP contribution in [0.3, 0.4) is 0 Å². The van der Waals surface area contributed by atoms with E-state index < -0.39 is 6.17 Å². The molecule has 0 aliphatic heterocycles. The predicted octanol–water partition coefficient (Wildman–Crippen LogP) is 0.675. The van der Waals surface area contributed by atoms with Gasteiger partial charge in [0.25, 0.3) is 0 Å². The molecule has 0 amide bonds. The first-order chi connectivity index (χ1) is 5.76. The van der Waals surface area contributed by atoms with Gasteiger partial charge in [0.1, 0.15) is 6.17 Å². The van der Waals surface area contributed by atoms with Crippen LogP contribution in [-0.2, 0) is 0 Å². The van der Waals surface area contributed by atoms with Crippen molar-refractivity contribution in [3.05, 3.63) is 12.7 Å². The van der Waals surface area contributed by atoms with Crippen molar-refractivity contribution in [2.24, 2.45) is 10.7 Å². The maximum absolute atomic E-state index is 8.55. The number of hydrogen-bond acceptors (Lipinski definition) is 4. The first-order valence-electron chi connectivity index (χ1n) is 4.04. The molecule has 4 N–H and O–H groups in total. The molecule has 0 aromatic heterocycles. The average molecular weight is 171 g/mol. The third-order valence-corrected chi connectivity index (χ3v) is 1.45. The highest BCUT2D eigenvalue weighted by Crippen LogP contribution is 2.00. The van der Waals surface area contributed by atoms with Gasteiger partial charge in [-0.1, -0.05) is 13.0 Å². The van der Waals surface area contributed by atoms with Crippen molar-refractivity contribution in [3.8, 4) is 0 Å². The van der Waals surface area contributed by atoms with Crippen molar-refractivity contribution in [2.75, 3.05) is 0 Å². The Morgan fingerprint density at radius 1 is 1.75 bits per heavy atom. The summed E-state index contributed by atoms with van der Waals surface area (Å²) in [6.45, 7) is 5.58. The Balaban J connectivity index is 4.01. The van der Waals surface area contributed by atoms with Crippen molar-refractivity contribution in [1.29, 1.82) is 0 Å². The summed E-state index contributed by atoms with van der Waals surface area (Å²) in [6, 6.07) is -0.132. The topological polar surface area (TPSA) is 70.6 Å². The third-order valence-electron chi connectivity index (χ3n) is 1.45. The van der Waals surface area contributed by atoms with Crippen molar-refractivity contribution in [2.45, 2.75) is 32.0 Å². The van der Waals surface area contributed by atoms with E-state index in [9.17, 15) is 0 Å². The lowest BCUT2D eigenvalue weighted by Crippen LogP contribution is -2.44. The second kappa shape index (κ2) is 6.97. The van der Waals surface area contributed by atoms with Crippen molar-refractivity contribution in [3.63, 3.8) is 0 Å². The first-order valence-corrected chi connectivity index (χ1v) is 4.04. The monoisotopic (exact) mass is 171 g/mol. The number of hydroxylamine groups is 1. The molecule has 0 rings (SSSR count). The molecule has 0 aromatic rings. The van der Waals surface area contributed by atoms with E-state index in [0.717, 1.165) is 6.42 Å². The lowest BCUT2D eigenvalue weighted by molar-refractivity contribution is 0.117. The quantitative estimate of drug-likeness (QED) is 0.238. The zero-order valence-corrected chi connectivity index (χ0v) is 7.40. The van der Waals surface area contributed by atoms with E-state index in [2.05, 4.69) is 11.6 Å². The minimum absolute atomic E-state index is 0.132. The summed E-state index contributed by atoms with van der Waals surface area (Å²) in [4.78, 5) is 4.16. The largest absolute Gasteiger partial charge is 0.315 e. The van der Waals surface area contributed by atoms with Crippen LogP contribution in [0.4, 0.5) is 0 Å². The maximum atomic E-state index is 8.55. The van der Waals surface area contributed by atoms with Crippen LogP contribution in [0.15, 0.2) is 17.6 Å². The highest BCUT2D eigenvalue weighted by atomic mass is 16.5. The van der Waals surface area contributed by atoms with Gasteiger partial charge < -0.3 is 10.9 Å². The van der Waals surface area contributed by atoms with Gasteiger partial charge in [0.2, 0.25) is 0 Å². The standard InChI is InChI=1S/C8H17N3O/c1-3-5-7(8(9)11-12)10-6-4-2/h3,6-8,11-12H,1,4-5,9H2,2H3/b10-6-. The Morgan fingerprint density at radius 3 is 2.83 bits per heavy atom. The minimum Gasteiger partial charge on any atom is -0.315 e. The lowest BCUT2D eigenvalue weighted by atomic mass is 10.2. The molecule has 0 fully saturated rings. The van der Waals surface area contributed by atoms with Gasteiger partial charge in [-0.15, -0.1) is 6.58 Å². The molecule has 12 heavy (non-hydrogen) atoms. The summed E-state index contributed by atoms with van der Waals surface area (Å²) in [5.74, 6) is 0. The molecule has 2 atom stereocenters. The van der Waals surface area contributed by atoms with E-state index in [1.807, 2.05) is 12.4 Å². The van der Waals surface area contributed by atoms with Gasteiger partial charge in [0.15, 0.2) is 0 Å². The molecule has 4 nitrogen and oxygen atoms in total. The number of hydrogen-bond donors (Lipinski definition) is 3. The molecule has 0 aliphatic carbocycles. The number of aliphatic imine (C=N–C) groups is 1. The number of nitrogens with one attached hydrogen (secondary N) is 1. The van der Waals surface area contributed by atoms with Gasteiger partial charge in [-0.2, -0.15) is 5.48 Å². The Labute approximate surface area is 73.1 Å². The van der Waals surface area contributed by atoms with Crippen LogP contribution in [0.5, 0.6) is 0 Å². The molecule has 0 saturated heterocycles. The van der Waals surface area contributed by atoms with Gasteiger partial charge >= 0.3 is 0 Å². The van der Waals surface area contributed by atoms with Crippen LogP contribution in [0.1, 0.15) is 19.8 Å². The van der Waals surface area contributed by atoms with E-state index in [1.165, 1.54) is 0 Å². The van der Waals surface area contributed by atoms with Crippen LogP contribution in [0, 0.1) is 0 Å². The van der Waals surface area contributed by atoms with Gasteiger partial charge in [-0.3, -0.25) is 4.99 Å². The Hall–Kier alpha value is -0.710. The fourth-order valence-corrected chi connectivity index (χ4v) is 0.798. The summed E-state index contributed by atoms with van der Waals surface area (Å²) in [5, 5.41) is 8.55. The molecular weight excluding hydrogens is 154 g/mol. The molecule has 0 aromatic carbocycles. The molecule has 0 radical (unpaired) electrons. The van der Waals surface area contributed by atoms with Crippen molar-refractivity contribution >= 4 is 6.21 Å². The Bertz CT molecular complexity index is 147. The smallest absolute Gasteiger partial charge is 0.101 e. The molecule has 0 heterocycles. The molecule has 2 unspecified atom stereocenters. The number of nitrogens with two attached hydrogens (primary N) is 1. The summed E-state index contributed by atoms with van der Waals surface area (Å²) in [6.07, 6.45) is 4.52. The van der Waals surface area contributed by atoms with Crippen molar-refractivity contribution < 1.29 is 5.21 Å². The summed E-state index contributed by atoms with van der Waals surface area (Å²) < 4.78 is 0. The lowest BCUT2D eigenvalue weighted by Gasteiger charge is -2.16. The Morgan fingerprint density at radius 2 is 2.42 bits per heavy atom. The molecule has 0 bridgehead atoms. The zero-order valence-electron chi connectivity index (χ0n) is 7.40. The van der Waals surface area contributed by atoms with Crippen LogP contribution in [0.25, 0.3) is 0 Å². The highest BCUT2D eigenvalue weighted by Gasteiger charge is 2.12. The first kappa shape index (κ1) is 11.3. The van der Waals surface area contributed by atoms with Crippen LogP contribution in [-0.4, -0.2) is 23.6 Å². The van der Waals surface area contributed by atoms with E-state index >= 15 is 0 Å². The predicted molar refractivity (Wildman–Crippen MR) is 50.3 cm³/mol. The summed E-state index contributed by atoms with van der Waals surface area (Å²) >= 11 is 0. The second-order valence-electron chi connectivity index (χ2n) is 2.49. The van der Waals surface area contributed by atoms with Crippen LogP contribution >= 0.6 is 0 Å². The maximum Gasteiger partial charge on any atom is 0.101 e. The fraction of sp³-hybridized carbons (Fsp3) is 0.625. The minimum atomic E-state index is -0.522. The molecule has 0 saturated carbocycles. The van der Waals surface area contributed by atoms with Gasteiger partial charge in [-0.05, 0) is 19.1 Å². The van der Waals surface area contributed by atoms with E-state index in [4.69, 9.17) is 10.9 Å². The van der Waals surface area contributed by atoms with Gasteiger partial charge in [0.05, 0.1) is 6.04 Å². The molecule has 70 valence electrons. The summed E-state index contributed by atoms with van der Waals surface area (Å²) in [5.41, 5.74) is 7.50. The van der Waals surface area contributed by atoms with E-state index in [0.29, 0.717) is 6.42 Å². The normalized spacial score (nSPS) is 16.2. The molecule has 0 aliphatic rings. The number of nitrogens with zero attached hydrogens (tertiary/aromatic N) is 1. The second-order valence-corrected chi connectivity index (χ2v) is 2.49. The Kier molecular flexibility index (Phi) is 6.55. The van der Waals surface area contributed by atoms with E-state index in [1.54, 1.807) is 12.3 Å². The average Bonchev–Trinajstić information content (AvgIpc) is 2.11. The number of rotatable bonds is 6. The van der Waals surface area contributed by atoms with Crippen LogP contribution in [0.2, 0.25) is 0 Å². The zero-order chi connectivity index (χ0) is 9.40. The van der Waals surface area contributed by atoms with E-state index in [-0.39, 0.29) is 6.04 Å². The van der Waals surface area contributed by atoms with Gasteiger partial charge in [0, 0.05) is 0 Å². The SMILES string of the molecule is C=CCC(/N=C\CC)C(N)NO. The van der Waals surface area contributed by atoms with Gasteiger partial charge in [-0.25, -0.2) is 0 Å². The summed E-state index contributed by atoms with van der Waals surface area (Å²) in [7, 11) is 0. The van der Waals surface area contributed by atoms with Crippen molar-refractivity contribution in [1.82, 2.24) is 5.48 Å². The molecule has 4 heteroatoms. The third kappa shape index (κ3) is 4.23.